The lowest BCUT2D eigenvalue weighted by atomic mass is 9.95. The van der Waals surface area contributed by atoms with Gasteiger partial charge in [-0.1, -0.05) is 30.4 Å². The van der Waals surface area contributed by atoms with Crippen LogP contribution >= 0.6 is 0 Å². The highest BCUT2D eigenvalue weighted by atomic mass is 16.7. The molecule has 1 aromatic heterocycles. The standard InChI is InChI=1S/C21H24N2O3/c1-24-21-18(5-3-11-22-21)14-23-12-9-16(10-13-23)7-8-17-4-2-6-19-20(17)26-15-25-19/h2-8,11,16H,9-10,12-15H2,1H3/b8-7+. The van der Waals surface area contributed by atoms with Gasteiger partial charge < -0.3 is 14.2 Å². The summed E-state index contributed by atoms with van der Waals surface area (Å²) in [5.74, 6) is 3.03. The van der Waals surface area contributed by atoms with E-state index >= 15 is 0 Å². The van der Waals surface area contributed by atoms with E-state index in [0.717, 1.165) is 61.0 Å². The molecule has 5 heteroatoms. The second-order valence-electron chi connectivity index (χ2n) is 6.73. The topological polar surface area (TPSA) is 43.8 Å². The number of pyridine rings is 1. The zero-order valence-corrected chi connectivity index (χ0v) is 15.1. The molecule has 0 bridgehead atoms. The van der Waals surface area contributed by atoms with Crippen molar-refractivity contribution < 1.29 is 14.2 Å². The van der Waals surface area contributed by atoms with Crippen molar-refractivity contribution in [2.24, 2.45) is 5.92 Å². The number of likely N-dealkylation sites (tertiary alicyclic amines) is 1. The fraction of sp³-hybridized carbons (Fsp3) is 0.381. The number of hydrogen-bond acceptors (Lipinski definition) is 5. The van der Waals surface area contributed by atoms with Crippen molar-refractivity contribution in [3.05, 3.63) is 53.7 Å². The minimum absolute atomic E-state index is 0.316. The van der Waals surface area contributed by atoms with Crippen LogP contribution < -0.4 is 14.2 Å². The third-order valence-corrected chi connectivity index (χ3v) is 5.04. The average molecular weight is 352 g/mol. The summed E-state index contributed by atoms with van der Waals surface area (Å²) in [6, 6.07) is 10.1. The number of aromatic nitrogens is 1. The van der Waals surface area contributed by atoms with E-state index in [1.165, 1.54) is 0 Å². The van der Waals surface area contributed by atoms with Crippen LogP contribution in [0.4, 0.5) is 0 Å². The minimum atomic E-state index is 0.316. The van der Waals surface area contributed by atoms with Crippen LogP contribution in [0.2, 0.25) is 0 Å². The Hall–Kier alpha value is -2.53. The molecule has 4 rings (SSSR count). The molecule has 26 heavy (non-hydrogen) atoms. The maximum Gasteiger partial charge on any atom is 0.231 e. The van der Waals surface area contributed by atoms with E-state index in [-0.39, 0.29) is 0 Å². The quantitative estimate of drug-likeness (QED) is 0.820. The number of fused-ring (bicyclic) bond motifs is 1. The lowest BCUT2D eigenvalue weighted by Crippen LogP contribution is -2.32. The Morgan fingerprint density at radius 1 is 1.19 bits per heavy atom. The van der Waals surface area contributed by atoms with Gasteiger partial charge in [-0.05, 0) is 44.0 Å². The third kappa shape index (κ3) is 3.68. The molecule has 0 radical (unpaired) electrons. The van der Waals surface area contributed by atoms with E-state index in [9.17, 15) is 0 Å². The first kappa shape index (κ1) is 16.9. The summed E-state index contributed by atoms with van der Waals surface area (Å²) in [5.41, 5.74) is 2.25. The number of rotatable bonds is 5. The summed E-state index contributed by atoms with van der Waals surface area (Å²) >= 11 is 0. The molecular formula is C21H24N2O3. The molecule has 136 valence electrons. The van der Waals surface area contributed by atoms with Gasteiger partial charge in [0.2, 0.25) is 12.7 Å². The summed E-state index contributed by atoms with van der Waals surface area (Å²) in [7, 11) is 1.68. The Morgan fingerprint density at radius 3 is 2.92 bits per heavy atom. The average Bonchev–Trinajstić information content (AvgIpc) is 3.17. The summed E-state index contributed by atoms with van der Waals surface area (Å²) in [6.45, 7) is 3.38. The molecule has 0 spiro atoms. The second kappa shape index (κ2) is 7.79. The molecule has 0 atom stereocenters. The van der Waals surface area contributed by atoms with Gasteiger partial charge in [-0.25, -0.2) is 4.98 Å². The van der Waals surface area contributed by atoms with Crippen LogP contribution in [0.15, 0.2) is 42.6 Å². The van der Waals surface area contributed by atoms with E-state index in [4.69, 9.17) is 14.2 Å². The summed E-state index contributed by atoms with van der Waals surface area (Å²) in [6.07, 6.45) is 8.59. The molecule has 2 aliphatic heterocycles. The maximum absolute atomic E-state index is 5.58. The van der Waals surface area contributed by atoms with E-state index in [1.807, 2.05) is 18.2 Å². The van der Waals surface area contributed by atoms with Gasteiger partial charge in [0.05, 0.1) is 7.11 Å². The van der Waals surface area contributed by atoms with Crippen LogP contribution in [0.25, 0.3) is 6.08 Å². The summed E-state index contributed by atoms with van der Waals surface area (Å²) in [5, 5.41) is 0. The van der Waals surface area contributed by atoms with E-state index in [2.05, 4.69) is 34.2 Å². The third-order valence-electron chi connectivity index (χ3n) is 5.04. The van der Waals surface area contributed by atoms with Crippen molar-refractivity contribution in [3.63, 3.8) is 0 Å². The van der Waals surface area contributed by atoms with Crippen molar-refractivity contribution in [2.45, 2.75) is 19.4 Å². The van der Waals surface area contributed by atoms with Gasteiger partial charge in [-0.15, -0.1) is 0 Å². The van der Waals surface area contributed by atoms with Crippen LogP contribution in [-0.4, -0.2) is 36.9 Å². The fourth-order valence-electron chi connectivity index (χ4n) is 3.60. The molecule has 0 aliphatic carbocycles. The van der Waals surface area contributed by atoms with Crippen molar-refractivity contribution in [1.82, 2.24) is 9.88 Å². The van der Waals surface area contributed by atoms with Gasteiger partial charge in [0.15, 0.2) is 11.5 Å². The first-order valence-electron chi connectivity index (χ1n) is 9.10. The zero-order valence-electron chi connectivity index (χ0n) is 15.1. The molecule has 2 aromatic rings. The van der Waals surface area contributed by atoms with E-state index < -0.39 is 0 Å². The molecule has 3 heterocycles. The Morgan fingerprint density at radius 2 is 2.08 bits per heavy atom. The number of piperidine rings is 1. The molecule has 1 aromatic carbocycles. The number of para-hydroxylation sites is 1. The zero-order chi connectivity index (χ0) is 17.8. The number of methoxy groups -OCH3 is 1. The van der Waals surface area contributed by atoms with E-state index in [1.54, 1.807) is 13.3 Å². The van der Waals surface area contributed by atoms with Crippen molar-refractivity contribution >= 4 is 6.08 Å². The smallest absolute Gasteiger partial charge is 0.231 e. The number of hydrogen-bond donors (Lipinski definition) is 0. The molecule has 0 saturated carbocycles. The number of nitrogens with zero attached hydrogens (tertiary/aromatic N) is 2. The fourth-order valence-corrected chi connectivity index (χ4v) is 3.60. The predicted molar refractivity (Wildman–Crippen MR) is 100 cm³/mol. The molecule has 0 N–H and O–H groups in total. The summed E-state index contributed by atoms with van der Waals surface area (Å²) < 4.78 is 16.4. The molecule has 0 unspecified atom stereocenters. The molecule has 1 fully saturated rings. The van der Waals surface area contributed by atoms with Crippen LogP contribution in [0.5, 0.6) is 17.4 Å². The maximum atomic E-state index is 5.58. The van der Waals surface area contributed by atoms with Gasteiger partial charge in [-0.3, -0.25) is 4.90 Å². The van der Waals surface area contributed by atoms with Crippen molar-refractivity contribution in [3.8, 4) is 17.4 Å². The van der Waals surface area contributed by atoms with Crippen LogP contribution in [0.1, 0.15) is 24.0 Å². The highest BCUT2D eigenvalue weighted by Gasteiger charge is 2.20. The first-order chi connectivity index (χ1) is 12.8. The molecule has 2 aliphatic rings. The monoisotopic (exact) mass is 352 g/mol. The van der Waals surface area contributed by atoms with Gasteiger partial charge in [-0.2, -0.15) is 0 Å². The Kier molecular flexibility index (Phi) is 5.07. The molecule has 0 amide bonds. The Bertz CT molecular complexity index is 783. The van der Waals surface area contributed by atoms with Crippen LogP contribution in [-0.2, 0) is 6.54 Å². The normalized spacial score (nSPS) is 17.7. The predicted octanol–water partition coefficient (Wildman–Crippen LogP) is 3.74. The van der Waals surface area contributed by atoms with Crippen LogP contribution in [0, 0.1) is 5.92 Å². The highest BCUT2D eigenvalue weighted by Crippen LogP contribution is 2.36. The van der Waals surface area contributed by atoms with Crippen LogP contribution in [0.3, 0.4) is 0 Å². The van der Waals surface area contributed by atoms with Crippen molar-refractivity contribution in [1.29, 1.82) is 0 Å². The lowest BCUT2D eigenvalue weighted by molar-refractivity contribution is 0.173. The SMILES string of the molecule is COc1ncccc1CN1CCC(/C=C/c2cccc3c2OCO3)CC1. The van der Waals surface area contributed by atoms with Gasteiger partial charge >= 0.3 is 0 Å². The highest BCUT2D eigenvalue weighted by molar-refractivity contribution is 5.63. The lowest BCUT2D eigenvalue weighted by Gasteiger charge is -2.30. The molecular weight excluding hydrogens is 328 g/mol. The Balaban J connectivity index is 1.33. The number of allylic oxidation sites excluding steroid dienone is 1. The number of ether oxygens (including phenoxy) is 3. The second-order valence-corrected chi connectivity index (χ2v) is 6.73. The summed E-state index contributed by atoms with van der Waals surface area (Å²) in [4.78, 5) is 6.76. The van der Waals surface area contributed by atoms with Crippen molar-refractivity contribution in [2.75, 3.05) is 27.0 Å². The van der Waals surface area contributed by atoms with Gasteiger partial charge in [0.25, 0.3) is 0 Å². The van der Waals surface area contributed by atoms with E-state index in [0.29, 0.717) is 12.7 Å². The largest absolute Gasteiger partial charge is 0.481 e. The first-order valence-corrected chi connectivity index (χ1v) is 9.10. The number of benzene rings is 1. The Labute approximate surface area is 154 Å². The van der Waals surface area contributed by atoms with Gasteiger partial charge in [0, 0.05) is 23.9 Å². The minimum Gasteiger partial charge on any atom is -0.481 e. The molecule has 1 saturated heterocycles. The molecule has 5 nitrogen and oxygen atoms in total. The van der Waals surface area contributed by atoms with Gasteiger partial charge in [0.1, 0.15) is 0 Å².